The minimum Gasteiger partial charge on any atom is -0.545 e. The molecule has 0 aliphatic heterocycles. The molecular weight excluding hydrogens is 330 g/mol. The monoisotopic (exact) mass is 340 g/mol. The molecule has 8 heteroatoms. The van der Waals surface area contributed by atoms with Crippen LogP contribution in [0, 0.1) is 0 Å². The second-order valence-electron chi connectivity index (χ2n) is 4.24. The van der Waals surface area contributed by atoms with E-state index >= 15 is 0 Å². The van der Waals surface area contributed by atoms with Gasteiger partial charge in [-0.15, -0.1) is 0 Å². The summed E-state index contributed by atoms with van der Waals surface area (Å²) < 4.78 is 31.7. The lowest BCUT2D eigenvalue weighted by Gasteiger charge is -2.15. The van der Waals surface area contributed by atoms with Crippen molar-refractivity contribution in [3.8, 4) is 5.75 Å². The molecule has 2 aromatic rings. The molecule has 0 aliphatic rings. The van der Waals surface area contributed by atoms with Gasteiger partial charge in [0.05, 0.1) is 28.7 Å². The average molecular weight is 341 g/mol. The highest BCUT2D eigenvalue weighted by molar-refractivity contribution is 7.92. The third kappa shape index (κ3) is 3.32. The average Bonchev–Trinajstić information content (AvgIpc) is 2.49. The fourth-order valence-electron chi connectivity index (χ4n) is 1.74. The maximum atomic E-state index is 12.3. The van der Waals surface area contributed by atoms with Crippen LogP contribution >= 0.6 is 11.6 Å². The number of anilines is 1. The summed E-state index contributed by atoms with van der Waals surface area (Å²) in [5, 5.41) is 10.8. The first-order valence-corrected chi connectivity index (χ1v) is 7.88. The number of sulfonamides is 1. The molecule has 0 unspecified atom stereocenters. The van der Waals surface area contributed by atoms with E-state index in [2.05, 4.69) is 4.72 Å². The van der Waals surface area contributed by atoms with Crippen molar-refractivity contribution < 1.29 is 23.1 Å². The summed E-state index contributed by atoms with van der Waals surface area (Å²) in [5.74, 6) is -1.40. The zero-order valence-corrected chi connectivity index (χ0v) is 12.9. The van der Waals surface area contributed by atoms with Crippen molar-refractivity contribution >= 4 is 33.3 Å². The Hall–Kier alpha value is -2.25. The van der Waals surface area contributed by atoms with Crippen LogP contribution in [0.3, 0.4) is 0 Å². The number of rotatable bonds is 5. The van der Waals surface area contributed by atoms with Crippen LogP contribution in [0.4, 0.5) is 5.69 Å². The van der Waals surface area contributed by atoms with Gasteiger partial charge < -0.3 is 14.6 Å². The second-order valence-corrected chi connectivity index (χ2v) is 6.30. The summed E-state index contributed by atoms with van der Waals surface area (Å²) in [4.78, 5) is 11.1. The van der Waals surface area contributed by atoms with Crippen LogP contribution in [0.15, 0.2) is 47.4 Å². The number of carbonyl (C=O) groups excluding carboxylic acids is 1. The number of aromatic carboxylic acids is 1. The fourth-order valence-corrected chi connectivity index (χ4v) is 3.12. The largest absolute Gasteiger partial charge is 0.545 e. The van der Waals surface area contributed by atoms with Crippen molar-refractivity contribution in [2.24, 2.45) is 0 Å². The number of nitrogens with one attached hydrogen (secondary N) is 1. The highest BCUT2D eigenvalue weighted by Gasteiger charge is 2.18. The predicted molar refractivity (Wildman–Crippen MR) is 79.6 cm³/mol. The predicted octanol–water partition coefficient (Wildman–Crippen LogP) is 1.51. The van der Waals surface area contributed by atoms with Crippen molar-refractivity contribution in [2.45, 2.75) is 4.90 Å². The number of carboxylic acid groups (broad SMARTS) is 1. The molecule has 0 amide bonds. The Balaban J connectivity index is 2.50. The van der Waals surface area contributed by atoms with Gasteiger partial charge in [0.15, 0.2) is 0 Å². The molecule has 22 heavy (non-hydrogen) atoms. The van der Waals surface area contributed by atoms with E-state index in [-0.39, 0.29) is 26.9 Å². The molecule has 0 atom stereocenters. The quantitative estimate of drug-likeness (QED) is 0.890. The lowest BCUT2D eigenvalue weighted by atomic mass is 10.2. The Morgan fingerprint density at radius 1 is 1.23 bits per heavy atom. The molecular formula is C14H11ClNO5S-. The number of hydrogen-bond donors (Lipinski definition) is 1. The molecule has 0 saturated heterocycles. The van der Waals surface area contributed by atoms with Crippen LogP contribution in [0.2, 0.25) is 5.02 Å². The van der Waals surface area contributed by atoms with Gasteiger partial charge >= 0.3 is 0 Å². The molecule has 116 valence electrons. The summed E-state index contributed by atoms with van der Waals surface area (Å²) in [5.41, 5.74) is -0.476. The number of hydrogen-bond acceptors (Lipinski definition) is 5. The van der Waals surface area contributed by atoms with Crippen molar-refractivity contribution in [3.05, 3.63) is 53.1 Å². The van der Waals surface area contributed by atoms with Crippen molar-refractivity contribution in [1.82, 2.24) is 0 Å². The summed E-state index contributed by atoms with van der Waals surface area (Å²) >= 11 is 5.92. The van der Waals surface area contributed by atoms with Crippen LogP contribution in [-0.2, 0) is 10.0 Å². The summed E-state index contributed by atoms with van der Waals surface area (Å²) in [7, 11) is -2.59. The molecule has 0 bridgehead atoms. The van der Waals surface area contributed by atoms with E-state index in [4.69, 9.17) is 16.3 Å². The zero-order valence-electron chi connectivity index (χ0n) is 11.4. The van der Waals surface area contributed by atoms with E-state index in [9.17, 15) is 18.3 Å². The molecule has 0 spiro atoms. The zero-order chi connectivity index (χ0) is 16.3. The molecule has 0 aliphatic carbocycles. The smallest absolute Gasteiger partial charge is 0.261 e. The number of ether oxygens (including phenoxy) is 1. The Bertz CT molecular complexity index is 805. The van der Waals surface area contributed by atoms with Gasteiger partial charge in [0.1, 0.15) is 5.75 Å². The molecule has 2 rings (SSSR count). The molecule has 2 aromatic carbocycles. The Morgan fingerprint density at radius 2 is 1.86 bits per heavy atom. The maximum Gasteiger partial charge on any atom is 0.261 e. The molecule has 0 heterocycles. The summed E-state index contributed by atoms with van der Waals surface area (Å²) in [6.07, 6.45) is 0. The molecule has 6 nitrogen and oxygen atoms in total. The van der Waals surface area contributed by atoms with Gasteiger partial charge in [-0.2, -0.15) is 0 Å². The third-order valence-electron chi connectivity index (χ3n) is 2.80. The van der Waals surface area contributed by atoms with Gasteiger partial charge in [-0.1, -0.05) is 29.8 Å². The van der Waals surface area contributed by atoms with Crippen LogP contribution in [-0.4, -0.2) is 21.5 Å². The van der Waals surface area contributed by atoms with E-state index in [1.54, 1.807) is 18.2 Å². The van der Waals surface area contributed by atoms with Crippen LogP contribution < -0.4 is 14.6 Å². The first-order valence-electron chi connectivity index (χ1n) is 6.02. The van der Waals surface area contributed by atoms with Crippen LogP contribution in [0.5, 0.6) is 5.75 Å². The third-order valence-corrected chi connectivity index (χ3v) is 4.59. The van der Waals surface area contributed by atoms with E-state index in [1.165, 1.54) is 25.3 Å². The molecule has 0 saturated carbocycles. The van der Waals surface area contributed by atoms with Gasteiger partial charge in [-0.05, 0) is 18.2 Å². The number of methoxy groups -OCH3 is 1. The Morgan fingerprint density at radius 3 is 2.41 bits per heavy atom. The Kier molecular flexibility index (Phi) is 4.58. The number of benzene rings is 2. The molecule has 1 N–H and O–H groups in total. The number of carbonyl (C=O) groups is 1. The lowest BCUT2D eigenvalue weighted by Crippen LogP contribution is -2.23. The van der Waals surface area contributed by atoms with Crippen LogP contribution in [0.1, 0.15) is 10.4 Å². The van der Waals surface area contributed by atoms with E-state index in [0.717, 1.165) is 6.07 Å². The number of halogens is 1. The Labute approximate surface area is 132 Å². The van der Waals surface area contributed by atoms with Crippen molar-refractivity contribution in [2.75, 3.05) is 11.8 Å². The first kappa shape index (κ1) is 16.1. The highest BCUT2D eigenvalue weighted by Crippen LogP contribution is 2.32. The van der Waals surface area contributed by atoms with Gasteiger partial charge in [-0.25, -0.2) is 8.42 Å². The maximum absolute atomic E-state index is 12.3. The van der Waals surface area contributed by atoms with Crippen LogP contribution in [0.25, 0.3) is 0 Å². The van der Waals surface area contributed by atoms with Crippen molar-refractivity contribution in [1.29, 1.82) is 0 Å². The second kappa shape index (κ2) is 6.25. The van der Waals surface area contributed by atoms with Crippen molar-refractivity contribution in [3.63, 3.8) is 0 Å². The first-order chi connectivity index (χ1) is 10.3. The van der Waals surface area contributed by atoms with E-state index in [0.29, 0.717) is 0 Å². The molecule has 0 aromatic heterocycles. The summed E-state index contributed by atoms with van der Waals surface area (Å²) in [6.45, 7) is 0. The van der Waals surface area contributed by atoms with Gasteiger partial charge in [0, 0.05) is 11.6 Å². The highest BCUT2D eigenvalue weighted by atomic mass is 35.5. The summed E-state index contributed by atoms with van der Waals surface area (Å²) in [6, 6.07) is 10.0. The molecule has 0 radical (unpaired) electrons. The minimum atomic E-state index is -3.91. The lowest BCUT2D eigenvalue weighted by molar-refractivity contribution is -0.255. The fraction of sp³-hybridized carbons (Fsp3) is 0.0714. The van der Waals surface area contributed by atoms with Gasteiger partial charge in [0.2, 0.25) is 0 Å². The number of carboxylic acids is 1. The molecule has 0 fully saturated rings. The van der Waals surface area contributed by atoms with E-state index < -0.39 is 16.0 Å². The van der Waals surface area contributed by atoms with E-state index in [1.807, 2.05) is 0 Å². The SMILES string of the molecule is COc1cc(NS(=O)(=O)c2ccccc2)c(Cl)c(C(=O)[O-])c1. The van der Waals surface area contributed by atoms with Gasteiger partial charge in [0.25, 0.3) is 10.0 Å². The standard InChI is InChI=1S/C14H12ClNO5S/c1-21-9-7-11(14(17)18)13(15)12(8-9)16-22(19,20)10-5-3-2-4-6-10/h2-8,16H,1H3,(H,17,18)/p-1. The minimum absolute atomic E-state index is 0.0175. The normalized spacial score (nSPS) is 11.0. The topological polar surface area (TPSA) is 95.5 Å². The van der Waals surface area contributed by atoms with Gasteiger partial charge in [-0.3, -0.25) is 4.72 Å².